The first kappa shape index (κ1) is 17.7. The first-order valence-corrected chi connectivity index (χ1v) is 7.36. The largest absolute Gasteiger partial charge is 0.480 e. The molecule has 0 aromatic heterocycles. The standard InChI is InChI=1S/C15H18N4O5/c1-17(10-15(20)21)8-13-9-18(4-5-24-13)12-2-3-14(19(22)23)11(6-12)7-16/h2-3,6,13H,4-5,8-10H2,1H3,(H,20,21). The molecule has 1 aliphatic heterocycles. The Kier molecular flexibility index (Phi) is 5.68. The molecule has 0 amide bonds. The van der Waals surface area contributed by atoms with Crippen LogP contribution in [0.15, 0.2) is 18.2 Å². The second kappa shape index (κ2) is 7.72. The molecule has 0 saturated carbocycles. The maximum Gasteiger partial charge on any atom is 0.317 e. The van der Waals surface area contributed by atoms with Gasteiger partial charge in [0.25, 0.3) is 5.69 Å². The second-order valence-corrected chi connectivity index (χ2v) is 5.60. The molecule has 1 unspecified atom stereocenters. The molecule has 9 heteroatoms. The van der Waals surface area contributed by atoms with E-state index >= 15 is 0 Å². The monoisotopic (exact) mass is 334 g/mol. The molecule has 9 nitrogen and oxygen atoms in total. The van der Waals surface area contributed by atoms with Gasteiger partial charge in [-0.1, -0.05) is 0 Å². The number of carboxylic acid groups (broad SMARTS) is 1. The third-order valence-corrected chi connectivity index (χ3v) is 3.72. The van der Waals surface area contributed by atoms with Gasteiger partial charge in [0.1, 0.15) is 11.6 Å². The van der Waals surface area contributed by atoms with Crippen molar-refractivity contribution in [3.05, 3.63) is 33.9 Å². The maximum atomic E-state index is 10.9. The van der Waals surface area contributed by atoms with Crippen LogP contribution in [0, 0.1) is 21.4 Å². The van der Waals surface area contributed by atoms with Crippen LogP contribution in [-0.4, -0.2) is 66.8 Å². The maximum absolute atomic E-state index is 10.9. The minimum Gasteiger partial charge on any atom is -0.480 e. The number of likely N-dealkylation sites (N-methyl/N-ethyl adjacent to an activating group) is 1. The third kappa shape index (κ3) is 4.41. The third-order valence-electron chi connectivity index (χ3n) is 3.72. The average molecular weight is 334 g/mol. The van der Waals surface area contributed by atoms with Gasteiger partial charge < -0.3 is 14.7 Å². The number of carbonyl (C=O) groups is 1. The Bertz CT molecular complexity index is 672. The number of nitrogens with zero attached hydrogens (tertiary/aromatic N) is 4. The molecule has 0 spiro atoms. The van der Waals surface area contributed by atoms with E-state index in [1.807, 2.05) is 11.0 Å². The van der Waals surface area contributed by atoms with E-state index in [0.717, 1.165) is 0 Å². The molecule has 1 fully saturated rings. The average Bonchev–Trinajstić information content (AvgIpc) is 2.53. The molecule has 0 aliphatic carbocycles. The number of nitro benzene ring substituents is 1. The fourth-order valence-electron chi connectivity index (χ4n) is 2.68. The Morgan fingerprint density at radius 3 is 3.00 bits per heavy atom. The summed E-state index contributed by atoms with van der Waals surface area (Å²) in [6.07, 6.45) is -0.177. The number of morpholine rings is 1. The minimum absolute atomic E-state index is 0.0172. The normalized spacial score (nSPS) is 17.5. The minimum atomic E-state index is -0.904. The molecule has 1 aliphatic rings. The van der Waals surface area contributed by atoms with Crippen LogP contribution in [0.5, 0.6) is 0 Å². The van der Waals surface area contributed by atoms with Gasteiger partial charge in [0, 0.05) is 31.4 Å². The number of ether oxygens (including phenoxy) is 1. The Balaban J connectivity index is 2.08. The number of nitriles is 1. The first-order valence-electron chi connectivity index (χ1n) is 7.36. The summed E-state index contributed by atoms with van der Waals surface area (Å²) in [6.45, 7) is 1.97. The van der Waals surface area contributed by atoms with Gasteiger partial charge in [0.15, 0.2) is 0 Å². The highest BCUT2D eigenvalue weighted by Crippen LogP contribution is 2.25. The zero-order valence-electron chi connectivity index (χ0n) is 13.2. The van der Waals surface area contributed by atoms with Gasteiger partial charge in [-0.05, 0) is 19.2 Å². The molecule has 1 atom stereocenters. The van der Waals surface area contributed by atoms with Crippen LogP contribution < -0.4 is 4.90 Å². The zero-order valence-corrected chi connectivity index (χ0v) is 13.2. The summed E-state index contributed by atoms with van der Waals surface area (Å²) in [5, 5.41) is 28.8. The van der Waals surface area contributed by atoms with Gasteiger partial charge in [-0.2, -0.15) is 5.26 Å². The van der Waals surface area contributed by atoms with E-state index in [2.05, 4.69) is 0 Å². The highest BCUT2D eigenvalue weighted by atomic mass is 16.6. The second-order valence-electron chi connectivity index (χ2n) is 5.60. The highest BCUT2D eigenvalue weighted by molar-refractivity contribution is 5.69. The molecule has 1 heterocycles. The van der Waals surface area contributed by atoms with Gasteiger partial charge in [0.05, 0.1) is 24.2 Å². The topological polar surface area (TPSA) is 120 Å². The van der Waals surface area contributed by atoms with Crippen LogP contribution in [0.4, 0.5) is 11.4 Å². The zero-order chi connectivity index (χ0) is 17.7. The molecule has 128 valence electrons. The quantitative estimate of drug-likeness (QED) is 0.596. The van der Waals surface area contributed by atoms with Crippen LogP contribution in [-0.2, 0) is 9.53 Å². The number of carboxylic acids is 1. The summed E-state index contributed by atoms with van der Waals surface area (Å²) in [6, 6.07) is 6.29. The summed E-state index contributed by atoms with van der Waals surface area (Å²) in [4.78, 5) is 24.7. The van der Waals surface area contributed by atoms with E-state index in [1.165, 1.54) is 12.1 Å². The lowest BCUT2D eigenvalue weighted by Crippen LogP contribution is -2.47. The lowest BCUT2D eigenvalue weighted by atomic mass is 10.1. The smallest absolute Gasteiger partial charge is 0.317 e. The van der Waals surface area contributed by atoms with Crippen molar-refractivity contribution in [2.75, 3.05) is 44.7 Å². The predicted octanol–water partition coefficient (Wildman–Crippen LogP) is 0.688. The molecule has 24 heavy (non-hydrogen) atoms. The Morgan fingerprint density at radius 1 is 1.62 bits per heavy atom. The predicted molar refractivity (Wildman–Crippen MR) is 84.9 cm³/mol. The van der Waals surface area contributed by atoms with Gasteiger partial charge >= 0.3 is 5.97 Å². The van der Waals surface area contributed by atoms with Crippen molar-refractivity contribution in [1.82, 2.24) is 4.90 Å². The van der Waals surface area contributed by atoms with Crippen molar-refractivity contribution in [2.24, 2.45) is 0 Å². The van der Waals surface area contributed by atoms with E-state index in [4.69, 9.17) is 15.1 Å². The summed E-state index contributed by atoms with van der Waals surface area (Å²) < 4.78 is 5.65. The van der Waals surface area contributed by atoms with Crippen molar-refractivity contribution in [3.63, 3.8) is 0 Å². The molecule has 2 rings (SSSR count). The van der Waals surface area contributed by atoms with Crippen LogP contribution in [0.25, 0.3) is 0 Å². The van der Waals surface area contributed by atoms with E-state index in [1.54, 1.807) is 18.0 Å². The number of hydrogen-bond donors (Lipinski definition) is 1. The van der Waals surface area contributed by atoms with Crippen molar-refractivity contribution in [1.29, 1.82) is 5.26 Å². The van der Waals surface area contributed by atoms with E-state index in [0.29, 0.717) is 31.9 Å². The molecular weight excluding hydrogens is 316 g/mol. The van der Waals surface area contributed by atoms with E-state index in [9.17, 15) is 14.9 Å². The first-order chi connectivity index (χ1) is 11.4. The Morgan fingerprint density at radius 2 is 2.38 bits per heavy atom. The number of anilines is 1. The summed E-state index contributed by atoms with van der Waals surface area (Å²) in [5.74, 6) is -0.904. The summed E-state index contributed by atoms with van der Waals surface area (Å²) in [7, 11) is 1.70. The van der Waals surface area contributed by atoms with Crippen LogP contribution in [0.1, 0.15) is 5.56 Å². The van der Waals surface area contributed by atoms with Gasteiger partial charge in [-0.15, -0.1) is 0 Å². The molecule has 1 aromatic rings. The van der Waals surface area contributed by atoms with Crippen LogP contribution >= 0.6 is 0 Å². The van der Waals surface area contributed by atoms with E-state index in [-0.39, 0.29) is 23.9 Å². The van der Waals surface area contributed by atoms with Crippen LogP contribution in [0.3, 0.4) is 0 Å². The molecule has 0 bridgehead atoms. The fraction of sp³-hybridized carbons (Fsp3) is 0.467. The SMILES string of the molecule is CN(CC(=O)O)CC1CN(c2ccc([N+](=O)[O-])c(C#N)c2)CCO1. The van der Waals surface area contributed by atoms with Crippen LogP contribution in [0.2, 0.25) is 0 Å². The van der Waals surface area contributed by atoms with Gasteiger partial charge in [-0.3, -0.25) is 19.8 Å². The lowest BCUT2D eigenvalue weighted by Gasteiger charge is -2.36. The number of hydrogen-bond acceptors (Lipinski definition) is 7. The fourth-order valence-corrected chi connectivity index (χ4v) is 2.68. The molecule has 0 radical (unpaired) electrons. The Hall–Kier alpha value is -2.70. The Labute approximate surface area is 138 Å². The summed E-state index contributed by atoms with van der Waals surface area (Å²) >= 11 is 0. The molecule has 1 aromatic carbocycles. The molecular formula is C15H18N4O5. The number of aliphatic carboxylic acids is 1. The van der Waals surface area contributed by atoms with Crippen molar-refractivity contribution in [2.45, 2.75) is 6.10 Å². The molecule has 1 N–H and O–H groups in total. The lowest BCUT2D eigenvalue weighted by molar-refractivity contribution is -0.385. The van der Waals surface area contributed by atoms with Crippen molar-refractivity contribution < 1.29 is 19.6 Å². The van der Waals surface area contributed by atoms with Crippen molar-refractivity contribution in [3.8, 4) is 6.07 Å². The van der Waals surface area contributed by atoms with Crippen molar-refractivity contribution >= 4 is 17.3 Å². The summed E-state index contributed by atoms with van der Waals surface area (Å²) in [5.41, 5.74) is 0.516. The van der Waals surface area contributed by atoms with Gasteiger partial charge in [0.2, 0.25) is 0 Å². The number of benzene rings is 1. The highest BCUT2D eigenvalue weighted by Gasteiger charge is 2.24. The van der Waals surface area contributed by atoms with E-state index < -0.39 is 10.9 Å². The number of nitro groups is 1. The molecule has 1 saturated heterocycles. The number of rotatable bonds is 6. The van der Waals surface area contributed by atoms with Gasteiger partial charge in [-0.25, -0.2) is 0 Å².